The Morgan fingerprint density at radius 1 is 1.29 bits per heavy atom. The highest BCUT2D eigenvalue weighted by atomic mass is 19.1. The first-order valence-electron chi connectivity index (χ1n) is 14.0. The van der Waals surface area contributed by atoms with Crippen LogP contribution in [0.5, 0.6) is 5.88 Å². The summed E-state index contributed by atoms with van der Waals surface area (Å²) in [6.45, 7) is 7.82. The van der Waals surface area contributed by atoms with E-state index in [4.69, 9.17) is 24.1 Å². The molecule has 4 aromatic rings. The molecule has 0 spiro atoms. The molecule has 0 radical (unpaired) electrons. The number of nitrogens with zero attached hydrogens (tertiary/aromatic N) is 6. The molecular formula is C30H31FN6O5. The molecule has 42 heavy (non-hydrogen) atoms. The minimum atomic E-state index is -1.23. The van der Waals surface area contributed by atoms with Crippen LogP contribution in [0.3, 0.4) is 0 Å². The number of benzene rings is 1. The molecule has 1 aromatic carbocycles. The highest BCUT2D eigenvalue weighted by Crippen LogP contribution is 2.39. The maximum atomic E-state index is 14.3. The van der Waals surface area contributed by atoms with Crippen molar-refractivity contribution in [2.75, 3.05) is 19.7 Å². The molecule has 3 aromatic heterocycles. The number of fused-ring (bicyclic) bond motifs is 1. The lowest BCUT2D eigenvalue weighted by molar-refractivity contribution is -0.0596. The molecule has 0 bridgehead atoms. The van der Waals surface area contributed by atoms with Gasteiger partial charge in [-0.05, 0) is 43.5 Å². The summed E-state index contributed by atoms with van der Waals surface area (Å²) >= 11 is 0. The molecule has 12 heteroatoms. The molecule has 1 unspecified atom stereocenters. The van der Waals surface area contributed by atoms with Crippen LogP contribution >= 0.6 is 0 Å². The van der Waals surface area contributed by atoms with Crippen LogP contribution in [0, 0.1) is 23.1 Å². The third-order valence-corrected chi connectivity index (χ3v) is 8.54. The van der Waals surface area contributed by atoms with Crippen LogP contribution < -0.4 is 4.74 Å². The van der Waals surface area contributed by atoms with Gasteiger partial charge >= 0.3 is 11.9 Å². The number of aromatic nitrogens is 4. The zero-order valence-corrected chi connectivity index (χ0v) is 23.4. The predicted molar refractivity (Wildman–Crippen MR) is 147 cm³/mol. The van der Waals surface area contributed by atoms with Crippen molar-refractivity contribution in [2.45, 2.75) is 57.9 Å². The van der Waals surface area contributed by atoms with E-state index in [1.54, 1.807) is 18.2 Å². The summed E-state index contributed by atoms with van der Waals surface area (Å²) in [5.41, 5.74) is 1.97. The van der Waals surface area contributed by atoms with Gasteiger partial charge in [0.2, 0.25) is 17.2 Å². The summed E-state index contributed by atoms with van der Waals surface area (Å²) in [7, 11) is 0. The summed E-state index contributed by atoms with van der Waals surface area (Å²) in [6, 6.07) is 11.9. The molecule has 0 amide bonds. The SMILES string of the molecule is CC1CN(Cc2nc3nc(C(=O)O)oc3n2C[C@@H]2CCO2)CC[C@]1(C)c1cccc(OCc2ccc(C#N)cc2F)n1. The fourth-order valence-electron chi connectivity index (χ4n) is 5.62. The zero-order valence-electron chi connectivity index (χ0n) is 23.4. The Balaban J connectivity index is 1.14. The van der Waals surface area contributed by atoms with Gasteiger partial charge in [-0.3, -0.25) is 9.47 Å². The molecule has 0 saturated carbocycles. The first-order chi connectivity index (χ1) is 20.2. The third-order valence-electron chi connectivity index (χ3n) is 8.54. The molecular weight excluding hydrogens is 543 g/mol. The van der Waals surface area contributed by atoms with Crippen molar-refractivity contribution in [1.82, 2.24) is 24.4 Å². The first-order valence-corrected chi connectivity index (χ1v) is 14.0. The number of rotatable bonds is 9. The lowest BCUT2D eigenvalue weighted by atomic mass is 9.70. The van der Waals surface area contributed by atoms with E-state index in [9.17, 15) is 14.3 Å². The minimum absolute atomic E-state index is 0.0122. The van der Waals surface area contributed by atoms with E-state index in [2.05, 4.69) is 28.7 Å². The van der Waals surface area contributed by atoms with Crippen LogP contribution in [-0.4, -0.2) is 61.3 Å². The van der Waals surface area contributed by atoms with Gasteiger partial charge in [0.15, 0.2) is 0 Å². The van der Waals surface area contributed by atoms with Crippen LogP contribution in [0.2, 0.25) is 0 Å². The van der Waals surface area contributed by atoms with Crippen molar-refractivity contribution in [3.05, 3.63) is 70.8 Å². The van der Waals surface area contributed by atoms with Gasteiger partial charge in [0.05, 0.1) is 36.5 Å². The number of nitriles is 1. The summed E-state index contributed by atoms with van der Waals surface area (Å²) < 4.78 is 33.2. The molecule has 6 rings (SSSR count). The van der Waals surface area contributed by atoms with Crippen molar-refractivity contribution in [2.24, 2.45) is 5.92 Å². The van der Waals surface area contributed by atoms with Gasteiger partial charge in [-0.2, -0.15) is 10.2 Å². The number of carbonyl (C=O) groups is 1. The van der Waals surface area contributed by atoms with Crippen molar-refractivity contribution >= 4 is 17.3 Å². The van der Waals surface area contributed by atoms with Gasteiger partial charge < -0.3 is 19.0 Å². The Morgan fingerprint density at radius 3 is 2.81 bits per heavy atom. The quantitative estimate of drug-likeness (QED) is 0.308. The van der Waals surface area contributed by atoms with Crippen molar-refractivity contribution < 1.29 is 28.2 Å². The van der Waals surface area contributed by atoms with E-state index in [0.717, 1.165) is 37.4 Å². The van der Waals surface area contributed by atoms with Gasteiger partial charge in [-0.15, -0.1) is 0 Å². The van der Waals surface area contributed by atoms with E-state index >= 15 is 0 Å². The van der Waals surface area contributed by atoms with E-state index in [0.29, 0.717) is 42.5 Å². The normalized spacial score (nSPS) is 22.5. The summed E-state index contributed by atoms with van der Waals surface area (Å²) in [5.74, 6) is -0.653. The molecule has 0 aliphatic carbocycles. The average molecular weight is 575 g/mol. The lowest BCUT2D eigenvalue weighted by Crippen LogP contribution is -2.47. The number of ether oxygens (including phenoxy) is 2. The van der Waals surface area contributed by atoms with E-state index < -0.39 is 11.8 Å². The highest BCUT2D eigenvalue weighted by Gasteiger charge is 2.40. The van der Waals surface area contributed by atoms with Crippen LogP contribution in [0.25, 0.3) is 11.4 Å². The average Bonchev–Trinajstić information content (AvgIpc) is 3.50. The van der Waals surface area contributed by atoms with Crippen molar-refractivity contribution in [3.8, 4) is 11.9 Å². The minimum Gasteiger partial charge on any atom is -0.474 e. The Kier molecular flexibility index (Phi) is 7.38. The number of pyridine rings is 1. The monoisotopic (exact) mass is 574 g/mol. The molecule has 2 aliphatic rings. The summed E-state index contributed by atoms with van der Waals surface area (Å²) in [6.07, 6.45) is 1.81. The molecule has 1 N–H and O–H groups in total. The Hall–Kier alpha value is -4.34. The van der Waals surface area contributed by atoms with Gasteiger partial charge in [0.25, 0.3) is 0 Å². The van der Waals surface area contributed by atoms with E-state index in [1.165, 1.54) is 6.07 Å². The molecule has 218 valence electrons. The Bertz CT molecular complexity index is 1670. The van der Waals surface area contributed by atoms with Gasteiger partial charge in [0.1, 0.15) is 18.2 Å². The number of hydrogen-bond donors (Lipinski definition) is 1. The topological polar surface area (TPSA) is 140 Å². The van der Waals surface area contributed by atoms with Gasteiger partial charge in [0, 0.05) is 30.2 Å². The molecule has 2 saturated heterocycles. The second-order valence-electron chi connectivity index (χ2n) is 11.2. The smallest absolute Gasteiger partial charge is 0.392 e. The number of likely N-dealkylation sites (tertiary alicyclic amines) is 1. The predicted octanol–water partition coefficient (Wildman–Crippen LogP) is 4.30. The zero-order chi connectivity index (χ0) is 29.4. The van der Waals surface area contributed by atoms with Crippen LogP contribution in [0.1, 0.15) is 60.0 Å². The van der Waals surface area contributed by atoms with Gasteiger partial charge in [-0.25, -0.2) is 19.2 Å². The Morgan fingerprint density at radius 2 is 2.12 bits per heavy atom. The number of carboxylic acids is 1. The van der Waals surface area contributed by atoms with E-state index in [1.807, 2.05) is 22.8 Å². The van der Waals surface area contributed by atoms with Crippen LogP contribution in [-0.2, 0) is 29.8 Å². The molecule has 3 atom stereocenters. The molecule has 2 aliphatic heterocycles. The molecule has 2 fully saturated rings. The number of imidazole rings is 1. The largest absolute Gasteiger partial charge is 0.474 e. The fraction of sp³-hybridized carbons (Fsp3) is 0.433. The highest BCUT2D eigenvalue weighted by molar-refractivity contribution is 5.85. The number of piperidine rings is 1. The summed E-state index contributed by atoms with van der Waals surface area (Å²) in [5, 5.41) is 18.3. The first kappa shape index (κ1) is 27.8. The third kappa shape index (κ3) is 5.33. The van der Waals surface area contributed by atoms with E-state index in [-0.39, 0.29) is 35.5 Å². The van der Waals surface area contributed by atoms with Crippen LogP contribution in [0.15, 0.2) is 40.8 Å². The maximum Gasteiger partial charge on any atom is 0.392 e. The molecule has 5 heterocycles. The fourth-order valence-corrected chi connectivity index (χ4v) is 5.62. The number of hydrogen-bond acceptors (Lipinski definition) is 9. The van der Waals surface area contributed by atoms with Crippen LogP contribution in [0.4, 0.5) is 4.39 Å². The van der Waals surface area contributed by atoms with Crippen molar-refractivity contribution in [1.29, 1.82) is 5.26 Å². The summed E-state index contributed by atoms with van der Waals surface area (Å²) in [4.78, 5) is 27.2. The lowest BCUT2D eigenvalue weighted by Gasteiger charge is -2.44. The molecule has 11 nitrogen and oxygen atoms in total. The number of oxazole rings is 1. The standard InChI is InChI=1S/C30H31FN6O5/c1-18-14-36(16-24-34-26-28(42-27(35-26)29(38)39)37(24)15-21-8-11-40-21)10-9-30(18,2)23-4-3-5-25(33-23)41-17-20-7-6-19(13-32)12-22(20)31/h3-7,12,18,21H,8-11,14-17H2,1-2H3,(H,38,39)/t18?,21-,30-/m0/s1. The number of aromatic carboxylic acids is 1. The van der Waals surface area contributed by atoms with Gasteiger partial charge in [-0.1, -0.05) is 26.0 Å². The Labute approximate surface area is 241 Å². The maximum absolute atomic E-state index is 14.3. The number of halogens is 1. The number of carboxylic acid groups (broad SMARTS) is 1. The second-order valence-corrected chi connectivity index (χ2v) is 11.2. The second kappa shape index (κ2) is 11.2. The van der Waals surface area contributed by atoms with Crippen molar-refractivity contribution in [3.63, 3.8) is 0 Å².